The molecule has 0 spiro atoms. The van der Waals surface area contributed by atoms with Gasteiger partial charge in [0, 0.05) is 26.2 Å². The van der Waals surface area contributed by atoms with E-state index in [1.165, 1.54) is 11.7 Å². The molecular weight excluding hydrogens is 424 g/mol. The predicted molar refractivity (Wildman–Crippen MR) is 112 cm³/mol. The van der Waals surface area contributed by atoms with Crippen LogP contribution in [0.15, 0.2) is 50.4 Å². The lowest BCUT2D eigenvalue weighted by Gasteiger charge is -2.10. The van der Waals surface area contributed by atoms with Crippen molar-refractivity contribution >= 4 is 10.0 Å². The first-order chi connectivity index (χ1) is 14.6. The summed E-state index contributed by atoms with van der Waals surface area (Å²) in [5.41, 5.74) is 0.235. The number of aromatic nitrogens is 5. The summed E-state index contributed by atoms with van der Waals surface area (Å²) in [5, 5.41) is 4.25. The third kappa shape index (κ3) is 4.15. The van der Waals surface area contributed by atoms with Crippen molar-refractivity contribution in [3.8, 4) is 34.4 Å². The van der Waals surface area contributed by atoms with Gasteiger partial charge in [-0.1, -0.05) is 18.2 Å². The molecule has 2 aliphatic rings. The van der Waals surface area contributed by atoms with Crippen molar-refractivity contribution in [2.45, 2.75) is 6.54 Å². The quantitative estimate of drug-likeness (QED) is 0.467. The second-order valence-corrected chi connectivity index (χ2v) is 8.78. The topological polar surface area (TPSA) is 142 Å². The highest BCUT2D eigenvalue weighted by Crippen LogP contribution is 2.28. The van der Waals surface area contributed by atoms with Crippen LogP contribution in [-0.2, 0) is 30.7 Å². The molecule has 2 aliphatic heterocycles. The Morgan fingerprint density at radius 1 is 1.06 bits per heavy atom. The highest BCUT2D eigenvalue weighted by Gasteiger charge is 2.20. The average molecular weight is 442 g/mol. The first-order valence-electron chi connectivity index (χ1n) is 9.08. The van der Waals surface area contributed by atoms with Crippen LogP contribution >= 0.6 is 0 Å². The summed E-state index contributed by atoms with van der Waals surface area (Å²) in [7, 11) is -0.421. The Morgan fingerprint density at radius 3 is 2.55 bits per heavy atom. The number of hydrogen-bond donors (Lipinski definition) is 1. The van der Waals surface area contributed by atoms with Crippen molar-refractivity contribution in [2.75, 3.05) is 6.26 Å². The Labute approximate surface area is 176 Å². The molecule has 0 amide bonds. The van der Waals surface area contributed by atoms with Crippen LogP contribution in [0.1, 0.15) is 5.56 Å². The van der Waals surface area contributed by atoms with Crippen molar-refractivity contribution < 1.29 is 12.8 Å². The van der Waals surface area contributed by atoms with E-state index in [1.54, 1.807) is 37.4 Å². The molecule has 0 bridgehead atoms. The highest BCUT2D eigenvalue weighted by atomic mass is 32.2. The van der Waals surface area contributed by atoms with Gasteiger partial charge in [-0.15, -0.1) is 5.10 Å². The van der Waals surface area contributed by atoms with Gasteiger partial charge in [0.05, 0.1) is 6.26 Å². The molecule has 2 aromatic rings. The maximum Gasteiger partial charge on any atom is 0.352 e. The second-order valence-electron chi connectivity index (χ2n) is 6.95. The van der Waals surface area contributed by atoms with Gasteiger partial charge >= 0.3 is 5.69 Å². The Hall–Kier alpha value is -3.64. The minimum Gasteiger partial charge on any atom is -0.453 e. The van der Waals surface area contributed by atoms with E-state index in [4.69, 9.17) is 4.42 Å². The zero-order valence-corrected chi connectivity index (χ0v) is 17.7. The molecule has 0 fully saturated rings. The smallest absolute Gasteiger partial charge is 0.352 e. The van der Waals surface area contributed by atoms with Crippen LogP contribution in [0.25, 0.3) is 34.4 Å². The monoisotopic (exact) mass is 442 g/mol. The SMILES string of the molecule is Cn1nc(-c2ccc(-c3cccc(CNS(C)(=O)=O)c3)o2)nc2c(=O)n(C)c(=O)nc1-2. The molecule has 0 saturated heterocycles. The van der Waals surface area contributed by atoms with Crippen molar-refractivity contribution in [1.82, 2.24) is 29.0 Å². The van der Waals surface area contributed by atoms with E-state index in [0.717, 1.165) is 21.9 Å². The lowest BCUT2D eigenvalue weighted by Crippen LogP contribution is -2.36. The lowest BCUT2D eigenvalue weighted by molar-refractivity contribution is 0.582. The standard InChI is InChI=1S/C19H18N6O5S/c1-24-18(26)15-17(22-19(24)27)25(2)23-16(21-15)14-8-7-13(30-14)12-6-4-5-11(9-12)10-20-31(3,28)29/h4-9,20H,10H2,1-3H3. The molecule has 1 N–H and O–H groups in total. The number of furan rings is 1. The van der Waals surface area contributed by atoms with Crippen LogP contribution in [0.5, 0.6) is 0 Å². The third-order valence-electron chi connectivity index (χ3n) is 4.55. The molecule has 4 rings (SSSR count). The average Bonchev–Trinajstić information content (AvgIpc) is 3.21. The van der Waals surface area contributed by atoms with Crippen LogP contribution in [0.2, 0.25) is 0 Å². The Morgan fingerprint density at radius 2 is 1.81 bits per heavy atom. The van der Waals surface area contributed by atoms with Crippen molar-refractivity contribution in [3.05, 3.63) is 62.8 Å². The molecule has 1 aromatic heterocycles. The number of hydrogen-bond acceptors (Lipinski definition) is 8. The third-order valence-corrected chi connectivity index (χ3v) is 5.22. The first-order valence-corrected chi connectivity index (χ1v) is 11.0. The summed E-state index contributed by atoms with van der Waals surface area (Å²) in [5.74, 6) is 1.08. The number of nitrogens with zero attached hydrogens (tertiary/aromatic N) is 5. The van der Waals surface area contributed by atoms with E-state index in [0.29, 0.717) is 11.5 Å². The second kappa shape index (κ2) is 7.56. The van der Waals surface area contributed by atoms with Gasteiger partial charge in [0.2, 0.25) is 15.8 Å². The van der Waals surface area contributed by atoms with Crippen molar-refractivity contribution in [3.63, 3.8) is 0 Å². The summed E-state index contributed by atoms with van der Waals surface area (Å²) in [4.78, 5) is 32.3. The van der Waals surface area contributed by atoms with Gasteiger partial charge in [-0.25, -0.2) is 27.6 Å². The Bertz CT molecular complexity index is 1480. The summed E-state index contributed by atoms with van der Waals surface area (Å²) in [6, 6.07) is 10.6. The minimum absolute atomic E-state index is 0.00129. The fourth-order valence-electron chi connectivity index (χ4n) is 2.97. The highest BCUT2D eigenvalue weighted by molar-refractivity contribution is 7.88. The number of nitrogens with one attached hydrogen (secondary N) is 1. The summed E-state index contributed by atoms with van der Waals surface area (Å²) in [6.45, 7) is 0.155. The lowest BCUT2D eigenvalue weighted by atomic mass is 10.1. The molecule has 31 heavy (non-hydrogen) atoms. The minimum atomic E-state index is -3.31. The van der Waals surface area contributed by atoms with Crippen LogP contribution in [0.4, 0.5) is 0 Å². The van der Waals surface area contributed by atoms with E-state index in [1.807, 2.05) is 6.07 Å². The predicted octanol–water partition coefficient (Wildman–Crippen LogP) is 0.350. The molecule has 160 valence electrons. The van der Waals surface area contributed by atoms with Crippen LogP contribution in [-0.4, -0.2) is 39.0 Å². The van der Waals surface area contributed by atoms with Crippen LogP contribution < -0.4 is 16.0 Å². The molecule has 11 nitrogen and oxygen atoms in total. The largest absolute Gasteiger partial charge is 0.453 e. The van der Waals surface area contributed by atoms with Gasteiger partial charge < -0.3 is 4.42 Å². The molecule has 0 saturated carbocycles. The molecule has 0 atom stereocenters. The fraction of sp³-hybridized carbons (Fsp3) is 0.211. The van der Waals surface area contributed by atoms with E-state index in [2.05, 4.69) is 19.8 Å². The van der Waals surface area contributed by atoms with Gasteiger partial charge in [-0.05, 0) is 23.8 Å². The van der Waals surface area contributed by atoms with E-state index >= 15 is 0 Å². The molecule has 0 aliphatic carbocycles. The van der Waals surface area contributed by atoms with E-state index in [9.17, 15) is 18.0 Å². The van der Waals surface area contributed by atoms with Gasteiger partial charge in [0.25, 0.3) is 5.56 Å². The Balaban J connectivity index is 1.72. The molecule has 0 unspecified atom stereocenters. The molecular formula is C19H18N6O5S. The van der Waals surface area contributed by atoms with Gasteiger partial charge in [0.15, 0.2) is 17.3 Å². The summed E-state index contributed by atoms with van der Waals surface area (Å²) >= 11 is 0. The Kier molecular flexibility index (Phi) is 5.03. The number of aryl methyl sites for hydroxylation is 1. The maximum absolute atomic E-state index is 12.4. The van der Waals surface area contributed by atoms with Crippen molar-refractivity contribution in [2.24, 2.45) is 14.1 Å². The van der Waals surface area contributed by atoms with Crippen LogP contribution in [0, 0.1) is 0 Å². The zero-order valence-electron chi connectivity index (χ0n) is 16.9. The normalized spacial score (nSPS) is 11.8. The van der Waals surface area contributed by atoms with Crippen LogP contribution in [0.3, 0.4) is 0 Å². The number of rotatable bonds is 5. The number of sulfonamides is 1. The van der Waals surface area contributed by atoms with E-state index < -0.39 is 21.3 Å². The van der Waals surface area contributed by atoms with Gasteiger partial charge in [-0.3, -0.25) is 9.36 Å². The fourth-order valence-corrected chi connectivity index (χ4v) is 3.40. The summed E-state index contributed by atoms with van der Waals surface area (Å²) in [6.07, 6.45) is 1.10. The summed E-state index contributed by atoms with van der Waals surface area (Å²) < 4.78 is 33.1. The van der Waals surface area contributed by atoms with Gasteiger partial charge in [0.1, 0.15) is 5.76 Å². The first kappa shape index (κ1) is 20.6. The molecule has 0 radical (unpaired) electrons. The van der Waals surface area contributed by atoms with Gasteiger partial charge in [-0.2, -0.15) is 4.98 Å². The number of fused-ring (bicyclic) bond motifs is 1. The maximum atomic E-state index is 12.4. The molecule has 1 aromatic carbocycles. The van der Waals surface area contributed by atoms with Crippen molar-refractivity contribution in [1.29, 1.82) is 0 Å². The zero-order chi connectivity index (χ0) is 22.3. The molecule has 12 heteroatoms. The van der Waals surface area contributed by atoms with E-state index in [-0.39, 0.29) is 23.9 Å². The number of benzene rings is 1. The molecule has 3 heterocycles.